The van der Waals surface area contributed by atoms with Crippen molar-refractivity contribution in [3.63, 3.8) is 0 Å². The molecule has 1 atom stereocenters. The lowest BCUT2D eigenvalue weighted by atomic mass is 9.89. The van der Waals surface area contributed by atoms with Gasteiger partial charge in [-0.3, -0.25) is 4.90 Å². The Balaban J connectivity index is 1.56. The first-order valence-corrected chi connectivity index (χ1v) is 10.2. The average Bonchev–Trinajstić information content (AvgIpc) is 3.23. The number of benzene rings is 2. The molecule has 0 radical (unpaired) electrons. The van der Waals surface area contributed by atoms with Crippen LogP contribution in [0, 0.1) is 5.92 Å². The van der Waals surface area contributed by atoms with Gasteiger partial charge in [-0.2, -0.15) is 13.2 Å². The minimum atomic E-state index is -4.29. The summed E-state index contributed by atoms with van der Waals surface area (Å²) in [5.41, 5.74) is 2.51. The molecule has 2 aromatic carbocycles. The molecule has 2 fully saturated rings. The second-order valence-electron chi connectivity index (χ2n) is 7.97. The predicted molar refractivity (Wildman–Crippen MR) is 106 cm³/mol. The largest absolute Gasteiger partial charge is 0.416 e. The zero-order valence-electron chi connectivity index (χ0n) is 16.0. The summed E-state index contributed by atoms with van der Waals surface area (Å²) >= 11 is 0. The van der Waals surface area contributed by atoms with Crippen molar-refractivity contribution in [2.45, 2.75) is 37.9 Å². The van der Waals surface area contributed by atoms with Gasteiger partial charge in [0.1, 0.15) is 0 Å². The fourth-order valence-electron chi connectivity index (χ4n) is 4.74. The summed E-state index contributed by atoms with van der Waals surface area (Å²) in [5.74, 6) is 0.704. The van der Waals surface area contributed by atoms with Gasteiger partial charge < -0.3 is 5.32 Å². The molecule has 28 heavy (non-hydrogen) atoms. The molecule has 2 nitrogen and oxygen atoms in total. The van der Waals surface area contributed by atoms with Gasteiger partial charge in [0.05, 0.1) is 5.56 Å². The highest BCUT2D eigenvalue weighted by molar-refractivity contribution is 5.64. The van der Waals surface area contributed by atoms with Gasteiger partial charge in [0.15, 0.2) is 0 Å². The van der Waals surface area contributed by atoms with E-state index in [1.54, 1.807) is 12.1 Å². The number of hydrogen-bond donors (Lipinski definition) is 1. The summed E-state index contributed by atoms with van der Waals surface area (Å²) in [5, 5.41) is 3.44. The molecule has 1 saturated carbocycles. The van der Waals surface area contributed by atoms with E-state index < -0.39 is 11.7 Å². The van der Waals surface area contributed by atoms with E-state index in [0.717, 1.165) is 49.4 Å². The van der Waals surface area contributed by atoms with Gasteiger partial charge in [-0.25, -0.2) is 0 Å². The van der Waals surface area contributed by atoms with Crippen molar-refractivity contribution in [1.82, 2.24) is 10.2 Å². The van der Waals surface area contributed by atoms with Gasteiger partial charge in [-0.1, -0.05) is 49.2 Å². The van der Waals surface area contributed by atoms with Crippen LogP contribution in [0.3, 0.4) is 0 Å². The Morgan fingerprint density at radius 1 is 0.821 bits per heavy atom. The maximum Gasteiger partial charge on any atom is 0.416 e. The lowest BCUT2D eigenvalue weighted by Gasteiger charge is -2.38. The lowest BCUT2D eigenvalue weighted by molar-refractivity contribution is -0.137. The molecule has 2 aromatic rings. The van der Waals surface area contributed by atoms with Crippen molar-refractivity contribution in [2.75, 3.05) is 26.2 Å². The standard InChI is InChI=1S/C23H27F3N2/c24-23(25,26)21-11-9-18(10-12-21)17-5-7-20(8-6-17)22(19-3-1-2-4-19)28-15-13-27-14-16-28/h5-12,19,22,27H,1-4,13-16H2/t22-/m1/s1. The lowest BCUT2D eigenvalue weighted by Crippen LogP contribution is -2.46. The van der Waals surface area contributed by atoms with E-state index in [0.29, 0.717) is 12.0 Å². The summed E-state index contributed by atoms with van der Waals surface area (Å²) in [6, 6.07) is 14.4. The van der Waals surface area contributed by atoms with Gasteiger partial charge in [0, 0.05) is 32.2 Å². The van der Waals surface area contributed by atoms with Crippen molar-refractivity contribution in [3.05, 3.63) is 59.7 Å². The van der Waals surface area contributed by atoms with Crippen molar-refractivity contribution in [2.24, 2.45) is 5.92 Å². The third-order valence-electron chi connectivity index (χ3n) is 6.19. The number of nitrogens with one attached hydrogen (secondary N) is 1. The summed E-state index contributed by atoms with van der Waals surface area (Å²) in [6.07, 6.45) is 0.915. The van der Waals surface area contributed by atoms with E-state index in [1.807, 2.05) is 0 Å². The molecule has 0 aromatic heterocycles. The second-order valence-corrected chi connectivity index (χ2v) is 7.97. The van der Waals surface area contributed by atoms with Crippen LogP contribution in [-0.2, 0) is 6.18 Å². The Labute approximate surface area is 164 Å². The summed E-state index contributed by atoms with van der Waals surface area (Å²) in [7, 11) is 0. The Hall–Kier alpha value is -1.85. The molecule has 0 amide bonds. The first-order valence-electron chi connectivity index (χ1n) is 10.2. The van der Waals surface area contributed by atoms with Crippen molar-refractivity contribution < 1.29 is 13.2 Å². The Bertz CT molecular complexity index is 756. The molecular formula is C23H27F3N2. The summed E-state index contributed by atoms with van der Waals surface area (Å²) < 4.78 is 38.3. The molecule has 2 aliphatic rings. The third-order valence-corrected chi connectivity index (χ3v) is 6.19. The Morgan fingerprint density at radius 3 is 1.89 bits per heavy atom. The third kappa shape index (κ3) is 4.26. The van der Waals surface area contributed by atoms with Gasteiger partial charge in [0.2, 0.25) is 0 Å². The topological polar surface area (TPSA) is 15.3 Å². The predicted octanol–water partition coefficient (Wildman–Crippen LogP) is 5.51. The fourth-order valence-corrected chi connectivity index (χ4v) is 4.74. The quantitative estimate of drug-likeness (QED) is 0.743. The van der Waals surface area contributed by atoms with E-state index >= 15 is 0 Å². The van der Waals surface area contributed by atoms with Crippen LogP contribution in [0.4, 0.5) is 13.2 Å². The fraction of sp³-hybridized carbons (Fsp3) is 0.478. The minimum absolute atomic E-state index is 0.450. The summed E-state index contributed by atoms with van der Waals surface area (Å²) in [6.45, 7) is 4.21. The molecule has 1 saturated heterocycles. The molecule has 0 bridgehead atoms. The molecular weight excluding hydrogens is 361 g/mol. The van der Waals surface area contributed by atoms with E-state index in [9.17, 15) is 13.2 Å². The SMILES string of the molecule is FC(F)(F)c1ccc(-c2ccc([C@@H](C3CCCC3)N3CCNCC3)cc2)cc1. The van der Waals surface area contributed by atoms with Crippen LogP contribution in [0.5, 0.6) is 0 Å². The number of halogens is 3. The maximum absolute atomic E-state index is 12.8. The monoisotopic (exact) mass is 388 g/mol. The van der Waals surface area contributed by atoms with Crippen LogP contribution in [0.15, 0.2) is 48.5 Å². The normalized spacial score (nSPS) is 20.4. The number of piperazine rings is 1. The van der Waals surface area contributed by atoms with Gasteiger partial charge in [-0.05, 0) is 47.6 Å². The number of alkyl halides is 3. The van der Waals surface area contributed by atoms with E-state index in [1.165, 1.54) is 31.2 Å². The molecule has 0 spiro atoms. The van der Waals surface area contributed by atoms with Gasteiger partial charge in [-0.15, -0.1) is 0 Å². The van der Waals surface area contributed by atoms with Crippen LogP contribution in [0.1, 0.15) is 42.9 Å². The van der Waals surface area contributed by atoms with Crippen LogP contribution in [0.2, 0.25) is 0 Å². The van der Waals surface area contributed by atoms with Crippen LogP contribution in [-0.4, -0.2) is 31.1 Å². The summed E-state index contributed by atoms with van der Waals surface area (Å²) in [4.78, 5) is 2.61. The van der Waals surface area contributed by atoms with Crippen molar-refractivity contribution >= 4 is 0 Å². The van der Waals surface area contributed by atoms with E-state index in [-0.39, 0.29) is 0 Å². The highest BCUT2D eigenvalue weighted by atomic mass is 19.4. The Morgan fingerprint density at radius 2 is 1.36 bits per heavy atom. The number of hydrogen-bond acceptors (Lipinski definition) is 2. The first kappa shape index (κ1) is 19.5. The van der Waals surface area contributed by atoms with Gasteiger partial charge >= 0.3 is 6.18 Å². The Kier molecular flexibility index (Phi) is 5.74. The van der Waals surface area contributed by atoms with Crippen LogP contribution in [0.25, 0.3) is 11.1 Å². The molecule has 0 unspecified atom stereocenters. The first-order chi connectivity index (χ1) is 13.5. The highest BCUT2D eigenvalue weighted by Gasteiger charge is 2.32. The molecule has 150 valence electrons. The molecule has 1 heterocycles. The molecule has 4 rings (SSSR count). The number of rotatable bonds is 4. The number of nitrogens with zero attached hydrogens (tertiary/aromatic N) is 1. The second kappa shape index (κ2) is 8.26. The van der Waals surface area contributed by atoms with Crippen molar-refractivity contribution in [3.8, 4) is 11.1 Å². The van der Waals surface area contributed by atoms with Crippen LogP contribution >= 0.6 is 0 Å². The highest BCUT2D eigenvalue weighted by Crippen LogP contribution is 2.40. The van der Waals surface area contributed by atoms with Crippen LogP contribution < -0.4 is 5.32 Å². The molecule has 5 heteroatoms. The smallest absolute Gasteiger partial charge is 0.314 e. The zero-order chi connectivity index (χ0) is 19.6. The van der Waals surface area contributed by atoms with E-state index in [2.05, 4.69) is 34.5 Å². The average molecular weight is 388 g/mol. The molecule has 1 aliphatic heterocycles. The van der Waals surface area contributed by atoms with Crippen molar-refractivity contribution in [1.29, 1.82) is 0 Å². The van der Waals surface area contributed by atoms with Gasteiger partial charge in [0.25, 0.3) is 0 Å². The minimum Gasteiger partial charge on any atom is -0.314 e. The maximum atomic E-state index is 12.8. The van der Waals surface area contributed by atoms with E-state index in [4.69, 9.17) is 0 Å². The zero-order valence-corrected chi connectivity index (χ0v) is 16.0. The molecule has 1 aliphatic carbocycles. The molecule has 1 N–H and O–H groups in total.